The zero-order valence-corrected chi connectivity index (χ0v) is 14.2. The third-order valence-electron chi connectivity index (χ3n) is 3.94. The van der Waals surface area contributed by atoms with Gasteiger partial charge in [0.05, 0.1) is 10.6 Å². The lowest BCUT2D eigenvalue weighted by molar-refractivity contribution is 0.100. The Bertz CT molecular complexity index is 1060. The molecule has 2 aliphatic heterocycles. The van der Waals surface area contributed by atoms with Crippen molar-refractivity contribution in [3.63, 3.8) is 0 Å². The van der Waals surface area contributed by atoms with E-state index in [4.69, 9.17) is 16.0 Å². The predicted molar refractivity (Wildman–Crippen MR) is 98.3 cm³/mol. The minimum atomic E-state index is -0.537. The van der Waals surface area contributed by atoms with E-state index >= 15 is 0 Å². The van der Waals surface area contributed by atoms with Gasteiger partial charge in [-0.1, -0.05) is 35.9 Å². The van der Waals surface area contributed by atoms with Crippen LogP contribution in [-0.2, 0) is 6.54 Å². The number of benzene rings is 1. The molecule has 0 N–H and O–H groups in total. The maximum atomic E-state index is 12.5. The second kappa shape index (κ2) is 6.57. The van der Waals surface area contributed by atoms with E-state index < -0.39 is 11.5 Å². The summed E-state index contributed by atoms with van der Waals surface area (Å²) in [5, 5.41) is 0.595. The summed E-state index contributed by atoms with van der Waals surface area (Å²) >= 11 is 6.09. The van der Waals surface area contributed by atoms with Crippen molar-refractivity contribution in [1.82, 2.24) is 4.90 Å². The van der Waals surface area contributed by atoms with Crippen LogP contribution >= 0.6 is 11.6 Å². The zero-order chi connectivity index (χ0) is 18.1. The fraction of sp³-hybridized carbons (Fsp3) is 0.0526. The van der Waals surface area contributed by atoms with Crippen LogP contribution in [0.4, 0.5) is 0 Å². The number of amides is 1. The van der Waals surface area contributed by atoms with E-state index in [1.54, 1.807) is 18.4 Å². The van der Waals surface area contributed by atoms with E-state index in [1.807, 2.05) is 29.2 Å². The molecular weight excluding hydrogens is 354 g/mol. The quantitative estimate of drug-likeness (QED) is 0.778. The largest absolute Gasteiger partial charge is 0.430 e. The van der Waals surface area contributed by atoms with Crippen molar-refractivity contribution in [3.8, 4) is 0 Å². The first kappa shape index (κ1) is 16.2. The highest BCUT2D eigenvalue weighted by Gasteiger charge is 2.22. The fourth-order valence-corrected chi connectivity index (χ4v) is 2.87. The second-order valence-electron chi connectivity index (χ2n) is 5.69. The summed E-state index contributed by atoms with van der Waals surface area (Å²) in [5.41, 5.74) is 1.38. The third kappa shape index (κ3) is 3.14. The number of hydrogen-bond donors (Lipinski definition) is 0. The molecule has 0 saturated carbocycles. The minimum absolute atomic E-state index is 0.179. The topological polar surface area (TPSA) is 75.2 Å². The van der Waals surface area contributed by atoms with Crippen molar-refractivity contribution < 1.29 is 9.21 Å². The van der Waals surface area contributed by atoms with Crippen molar-refractivity contribution >= 4 is 29.2 Å². The van der Waals surface area contributed by atoms with Gasteiger partial charge in [0.25, 0.3) is 5.91 Å². The molecule has 0 unspecified atom stereocenters. The molecule has 1 aromatic heterocycles. The molecule has 0 atom stereocenters. The van der Waals surface area contributed by atoms with Crippen LogP contribution in [-0.4, -0.2) is 22.5 Å². The predicted octanol–water partition coefficient (Wildman–Crippen LogP) is 3.09. The summed E-state index contributed by atoms with van der Waals surface area (Å²) in [4.78, 5) is 34.1. The number of halogens is 1. The van der Waals surface area contributed by atoms with Crippen LogP contribution in [0.25, 0.3) is 0 Å². The van der Waals surface area contributed by atoms with Gasteiger partial charge in [-0.2, -0.15) is 4.99 Å². The molecule has 0 radical (unpaired) electrons. The third-order valence-corrected chi connectivity index (χ3v) is 4.16. The summed E-state index contributed by atoms with van der Waals surface area (Å²) in [7, 11) is 0. The molecule has 0 aliphatic carbocycles. The van der Waals surface area contributed by atoms with Crippen LogP contribution in [0.3, 0.4) is 0 Å². The standard InChI is InChI=1S/C19H12ClN3O3/c20-14-6-7-16-21-18(22-19(25)13-5-8-17(24)26-11-13)15-4-2-1-3-12(15)9-23(16)10-14/h1-8,10-11H,9H2. The first-order valence-electron chi connectivity index (χ1n) is 7.81. The molecule has 0 fully saturated rings. The first-order chi connectivity index (χ1) is 12.6. The molecule has 2 aliphatic rings. The maximum absolute atomic E-state index is 12.5. The van der Waals surface area contributed by atoms with Gasteiger partial charge in [0.1, 0.15) is 12.1 Å². The number of nitrogens with zero attached hydrogens (tertiary/aromatic N) is 3. The first-order valence-corrected chi connectivity index (χ1v) is 8.19. The fourth-order valence-electron chi connectivity index (χ4n) is 2.69. The Morgan fingerprint density at radius 1 is 1.19 bits per heavy atom. The Morgan fingerprint density at radius 3 is 2.85 bits per heavy atom. The molecule has 4 rings (SSSR count). The molecule has 0 bridgehead atoms. The Kier molecular flexibility index (Phi) is 4.10. The van der Waals surface area contributed by atoms with E-state index in [-0.39, 0.29) is 5.56 Å². The average molecular weight is 366 g/mol. The van der Waals surface area contributed by atoms with Crippen molar-refractivity contribution in [2.75, 3.05) is 0 Å². The lowest BCUT2D eigenvalue weighted by Crippen LogP contribution is -2.25. The Labute approximate surface area is 153 Å². The SMILES string of the molecule is O=C(N=C1N=C2C=CC(Cl)=CN2Cc2ccccc21)c1ccc(=O)oc1. The molecule has 1 amide bonds. The van der Waals surface area contributed by atoms with Crippen LogP contribution in [0, 0.1) is 0 Å². The molecule has 3 heterocycles. The van der Waals surface area contributed by atoms with E-state index in [2.05, 4.69) is 9.98 Å². The Hall–Kier alpha value is -3.25. The maximum Gasteiger partial charge on any atom is 0.335 e. The number of fused-ring (bicyclic) bond motifs is 2. The second-order valence-corrected chi connectivity index (χ2v) is 6.12. The number of amidine groups is 2. The van der Waals surface area contributed by atoms with Crippen molar-refractivity contribution in [2.24, 2.45) is 9.98 Å². The van der Waals surface area contributed by atoms with E-state index in [9.17, 15) is 9.59 Å². The van der Waals surface area contributed by atoms with Gasteiger partial charge < -0.3 is 9.32 Å². The highest BCUT2D eigenvalue weighted by molar-refractivity contribution is 6.32. The van der Waals surface area contributed by atoms with Crippen LogP contribution in [0.2, 0.25) is 0 Å². The Morgan fingerprint density at radius 2 is 2.04 bits per heavy atom. The molecule has 2 aromatic rings. The van der Waals surface area contributed by atoms with Crippen molar-refractivity contribution in [3.05, 3.63) is 93.2 Å². The summed E-state index contributed by atoms with van der Waals surface area (Å²) in [5.74, 6) is 0.395. The minimum Gasteiger partial charge on any atom is -0.430 e. The zero-order valence-electron chi connectivity index (χ0n) is 13.4. The monoisotopic (exact) mass is 365 g/mol. The molecule has 1 aromatic carbocycles. The summed E-state index contributed by atoms with van der Waals surface area (Å²) in [6.07, 6.45) is 6.39. The van der Waals surface area contributed by atoms with Gasteiger partial charge in [-0.25, -0.2) is 9.79 Å². The van der Waals surface area contributed by atoms with Gasteiger partial charge in [-0.05, 0) is 23.8 Å². The van der Waals surface area contributed by atoms with E-state index in [1.165, 1.54) is 12.1 Å². The number of rotatable bonds is 1. The van der Waals surface area contributed by atoms with Crippen LogP contribution in [0.1, 0.15) is 21.5 Å². The van der Waals surface area contributed by atoms with Gasteiger partial charge in [-0.15, -0.1) is 0 Å². The molecule has 26 heavy (non-hydrogen) atoms. The lowest BCUT2D eigenvalue weighted by atomic mass is 10.1. The van der Waals surface area contributed by atoms with Crippen LogP contribution in [0.5, 0.6) is 0 Å². The number of hydrogen-bond acceptors (Lipinski definition) is 4. The average Bonchev–Trinajstić information content (AvgIpc) is 2.78. The summed E-state index contributed by atoms with van der Waals surface area (Å²) in [6, 6.07) is 10.2. The normalized spacial score (nSPS) is 17.1. The van der Waals surface area contributed by atoms with Crippen LogP contribution in [0.15, 0.2) is 85.2 Å². The number of allylic oxidation sites excluding steroid dienone is 2. The molecular formula is C19H12ClN3O3. The highest BCUT2D eigenvalue weighted by Crippen LogP contribution is 2.23. The summed E-state index contributed by atoms with van der Waals surface area (Å²) < 4.78 is 4.74. The van der Waals surface area contributed by atoms with Crippen LogP contribution < -0.4 is 5.63 Å². The van der Waals surface area contributed by atoms with Gasteiger partial charge in [-0.3, -0.25) is 4.79 Å². The molecule has 7 heteroatoms. The number of aliphatic imine (C=N–C) groups is 2. The van der Waals surface area contributed by atoms with E-state index in [0.29, 0.717) is 23.2 Å². The van der Waals surface area contributed by atoms with Gasteiger partial charge in [0.15, 0.2) is 5.84 Å². The smallest absolute Gasteiger partial charge is 0.335 e. The molecule has 128 valence electrons. The van der Waals surface area contributed by atoms with Crippen molar-refractivity contribution in [2.45, 2.75) is 6.54 Å². The number of carbonyl (C=O) groups is 1. The van der Waals surface area contributed by atoms with Gasteiger partial charge in [0.2, 0.25) is 0 Å². The molecule has 0 spiro atoms. The summed E-state index contributed by atoms with van der Waals surface area (Å²) in [6.45, 7) is 0.559. The lowest BCUT2D eigenvalue weighted by Gasteiger charge is -2.21. The Balaban J connectivity index is 1.81. The van der Waals surface area contributed by atoms with Gasteiger partial charge in [0, 0.05) is 24.4 Å². The van der Waals surface area contributed by atoms with Crippen molar-refractivity contribution in [1.29, 1.82) is 0 Å². The van der Waals surface area contributed by atoms with E-state index in [0.717, 1.165) is 17.4 Å². The molecule has 6 nitrogen and oxygen atoms in total. The van der Waals surface area contributed by atoms with Gasteiger partial charge >= 0.3 is 5.63 Å². The number of carbonyl (C=O) groups excluding carboxylic acids is 1. The molecule has 0 saturated heterocycles. The highest BCUT2D eigenvalue weighted by atomic mass is 35.5.